The van der Waals surface area contributed by atoms with Gasteiger partial charge in [-0.3, -0.25) is 9.59 Å². The third kappa shape index (κ3) is 3.39. The Balaban J connectivity index is 1.50. The lowest BCUT2D eigenvalue weighted by atomic mass is 9.94. The van der Waals surface area contributed by atoms with E-state index in [0.29, 0.717) is 29.2 Å². The van der Waals surface area contributed by atoms with Crippen molar-refractivity contribution < 1.29 is 4.79 Å². The first-order valence-corrected chi connectivity index (χ1v) is 11.3. The van der Waals surface area contributed by atoms with Crippen molar-refractivity contribution in [1.82, 2.24) is 14.8 Å². The van der Waals surface area contributed by atoms with Gasteiger partial charge in [0.05, 0.1) is 5.52 Å². The number of hydrogen-bond donors (Lipinski definition) is 1. The number of nitrogens with one attached hydrogen (secondary N) is 1. The van der Waals surface area contributed by atoms with Gasteiger partial charge in [-0.2, -0.15) is 0 Å². The smallest absolute Gasteiger partial charge is 0.268 e. The van der Waals surface area contributed by atoms with Gasteiger partial charge in [-0.25, -0.2) is 0 Å². The Morgan fingerprint density at radius 2 is 1.66 bits per heavy atom. The van der Waals surface area contributed by atoms with Gasteiger partial charge in [0, 0.05) is 35.6 Å². The summed E-state index contributed by atoms with van der Waals surface area (Å²) in [7, 11) is 2.21. The van der Waals surface area contributed by atoms with Crippen LogP contribution in [0.1, 0.15) is 74.3 Å². The number of piperidine rings is 1. The zero-order chi connectivity index (χ0) is 20.0. The van der Waals surface area contributed by atoms with E-state index in [4.69, 9.17) is 0 Å². The fourth-order valence-electron chi connectivity index (χ4n) is 5.99. The number of hydrogen-bond acceptors (Lipinski definition) is 3. The molecule has 3 atom stereocenters. The van der Waals surface area contributed by atoms with Crippen molar-refractivity contribution >= 4 is 16.8 Å². The molecule has 2 aromatic rings. The van der Waals surface area contributed by atoms with Crippen LogP contribution < -0.4 is 10.7 Å². The minimum atomic E-state index is -0.0765. The molecule has 5 nitrogen and oxygen atoms in total. The molecule has 3 fully saturated rings. The number of nitrogens with zero attached hydrogens (tertiary/aromatic N) is 2. The summed E-state index contributed by atoms with van der Waals surface area (Å²) in [6, 6.07) is 11.0. The van der Waals surface area contributed by atoms with Gasteiger partial charge < -0.3 is 14.8 Å². The molecular weight excluding hydrogens is 362 g/mol. The Bertz CT molecular complexity index is 962. The maximum Gasteiger partial charge on any atom is 0.268 e. The van der Waals surface area contributed by atoms with Gasteiger partial charge in [0.25, 0.3) is 5.91 Å². The molecular formula is C24H31N3O2. The van der Waals surface area contributed by atoms with Crippen LogP contribution in [0.25, 0.3) is 10.9 Å². The number of carbonyl (C=O) groups is 1. The lowest BCUT2D eigenvalue weighted by molar-refractivity contribution is 0.0869. The molecule has 1 aromatic carbocycles. The number of para-hydroxylation sites is 1. The molecule has 1 N–H and O–H groups in total. The molecule has 2 saturated heterocycles. The van der Waals surface area contributed by atoms with E-state index in [-0.39, 0.29) is 17.4 Å². The van der Waals surface area contributed by atoms with Crippen LogP contribution in [0.5, 0.6) is 0 Å². The maximum absolute atomic E-state index is 13.4. The number of fused-ring (bicyclic) bond motifs is 3. The second-order valence-corrected chi connectivity index (χ2v) is 9.27. The second kappa shape index (κ2) is 7.60. The summed E-state index contributed by atoms with van der Waals surface area (Å²) in [6.45, 7) is 0. The predicted octanol–water partition coefficient (Wildman–Crippen LogP) is 3.86. The van der Waals surface area contributed by atoms with Crippen molar-refractivity contribution in [3.8, 4) is 0 Å². The molecule has 1 unspecified atom stereocenters. The average Bonchev–Trinajstić information content (AvgIpc) is 2.95. The summed E-state index contributed by atoms with van der Waals surface area (Å²) in [6.07, 6.45) is 10.3. The lowest BCUT2D eigenvalue weighted by Gasteiger charge is -2.37. The molecule has 5 heteroatoms. The molecule has 3 aliphatic rings. The van der Waals surface area contributed by atoms with Gasteiger partial charge >= 0.3 is 0 Å². The van der Waals surface area contributed by atoms with Crippen LogP contribution in [-0.4, -0.2) is 40.5 Å². The quantitative estimate of drug-likeness (QED) is 0.861. The number of carbonyl (C=O) groups excluding carboxylic acids is 1. The van der Waals surface area contributed by atoms with Gasteiger partial charge in [0.2, 0.25) is 0 Å². The van der Waals surface area contributed by atoms with Gasteiger partial charge in [0.1, 0.15) is 5.69 Å². The molecule has 29 heavy (non-hydrogen) atoms. The standard InChI is InChI=1S/C24H31N3O2/c1-26-18-11-12-19(26)14-16(13-18)25-24(29)22-15-23(28)20-9-5-6-10-21(20)27(22)17-7-3-2-4-8-17/h5-6,9-10,15-19H,2-4,7-8,11-14H2,1H3,(H,25,29)/t16?,18-,19+. The summed E-state index contributed by atoms with van der Waals surface area (Å²) < 4.78 is 2.18. The van der Waals surface area contributed by atoms with E-state index in [9.17, 15) is 9.59 Å². The van der Waals surface area contributed by atoms with E-state index in [1.165, 1.54) is 32.1 Å². The number of pyridine rings is 1. The van der Waals surface area contributed by atoms with Gasteiger partial charge in [-0.15, -0.1) is 0 Å². The summed E-state index contributed by atoms with van der Waals surface area (Å²) in [4.78, 5) is 28.7. The molecule has 1 amide bonds. The van der Waals surface area contributed by atoms with Crippen LogP contribution >= 0.6 is 0 Å². The third-order valence-electron chi connectivity index (χ3n) is 7.56. The monoisotopic (exact) mass is 393 g/mol. The van der Waals surface area contributed by atoms with Crippen molar-refractivity contribution in [3.05, 3.63) is 46.2 Å². The molecule has 1 aliphatic carbocycles. The van der Waals surface area contributed by atoms with E-state index in [0.717, 1.165) is 31.2 Å². The van der Waals surface area contributed by atoms with E-state index in [1.54, 1.807) is 6.07 Å². The van der Waals surface area contributed by atoms with Crippen molar-refractivity contribution in [3.63, 3.8) is 0 Å². The molecule has 5 rings (SSSR count). The van der Waals surface area contributed by atoms with Gasteiger partial charge in [-0.05, 0) is 57.7 Å². The van der Waals surface area contributed by atoms with Crippen LogP contribution in [0.15, 0.2) is 35.1 Å². The minimum absolute atomic E-state index is 0.0544. The van der Waals surface area contributed by atoms with Crippen molar-refractivity contribution in [2.24, 2.45) is 0 Å². The van der Waals surface area contributed by atoms with Crippen LogP contribution in [0.3, 0.4) is 0 Å². The fourth-order valence-corrected chi connectivity index (χ4v) is 5.99. The number of benzene rings is 1. The van der Waals surface area contributed by atoms with Crippen molar-refractivity contribution in [2.45, 2.75) is 82.0 Å². The highest BCUT2D eigenvalue weighted by Gasteiger charge is 2.39. The van der Waals surface area contributed by atoms with E-state index < -0.39 is 0 Å². The summed E-state index contributed by atoms with van der Waals surface area (Å²) in [5, 5.41) is 4.02. The van der Waals surface area contributed by atoms with E-state index in [1.807, 2.05) is 24.3 Å². The Morgan fingerprint density at radius 3 is 2.38 bits per heavy atom. The highest BCUT2D eigenvalue weighted by molar-refractivity contribution is 5.95. The SMILES string of the molecule is CN1[C@@H]2CC[C@H]1CC(NC(=O)c1cc(=O)c3ccccc3n1C1CCCCC1)C2. The van der Waals surface area contributed by atoms with Gasteiger partial charge in [0.15, 0.2) is 5.43 Å². The van der Waals surface area contributed by atoms with Crippen LogP contribution in [-0.2, 0) is 0 Å². The highest BCUT2D eigenvalue weighted by atomic mass is 16.2. The van der Waals surface area contributed by atoms with Crippen LogP contribution in [0, 0.1) is 0 Å². The van der Waals surface area contributed by atoms with Crippen LogP contribution in [0.4, 0.5) is 0 Å². The molecule has 2 bridgehead atoms. The van der Waals surface area contributed by atoms with Crippen molar-refractivity contribution in [2.75, 3.05) is 7.05 Å². The molecule has 1 aromatic heterocycles. The maximum atomic E-state index is 13.4. The van der Waals surface area contributed by atoms with E-state index in [2.05, 4.69) is 21.8 Å². The molecule has 1 saturated carbocycles. The Hall–Kier alpha value is -2.14. The third-order valence-corrected chi connectivity index (χ3v) is 7.56. The summed E-state index contributed by atoms with van der Waals surface area (Å²) >= 11 is 0. The number of aromatic nitrogens is 1. The first kappa shape index (κ1) is 18.9. The molecule has 0 radical (unpaired) electrons. The number of amides is 1. The molecule has 154 valence electrons. The molecule has 2 aliphatic heterocycles. The van der Waals surface area contributed by atoms with Gasteiger partial charge in [-0.1, -0.05) is 31.4 Å². The summed E-state index contributed by atoms with van der Waals surface area (Å²) in [5.74, 6) is -0.0765. The Kier molecular flexibility index (Phi) is 4.94. The van der Waals surface area contributed by atoms with Crippen LogP contribution in [0.2, 0.25) is 0 Å². The zero-order valence-corrected chi connectivity index (χ0v) is 17.3. The van der Waals surface area contributed by atoms with Crippen molar-refractivity contribution in [1.29, 1.82) is 0 Å². The lowest BCUT2D eigenvalue weighted by Crippen LogP contribution is -2.49. The normalized spacial score (nSPS) is 28.0. The Labute approximate surface area is 172 Å². The first-order chi connectivity index (χ1) is 14.1. The molecule has 3 heterocycles. The predicted molar refractivity (Wildman–Crippen MR) is 115 cm³/mol. The first-order valence-electron chi connectivity index (χ1n) is 11.3. The zero-order valence-electron chi connectivity index (χ0n) is 17.3. The Morgan fingerprint density at radius 1 is 0.966 bits per heavy atom. The largest absolute Gasteiger partial charge is 0.348 e. The minimum Gasteiger partial charge on any atom is -0.348 e. The second-order valence-electron chi connectivity index (χ2n) is 9.27. The fraction of sp³-hybridized carbons (Fsp3) is 0.583. The average molecular weight is 394 g/mol. The topological polar surface area (TPSA) is 54.3 Å². The molecule has 0 spiro atoms. The van der Waals surface area contributed by atoms with E-state index >= 15 is 0 Å². The summed E-state index contributed by atoms with van der Waals surface area (Å²) in [5.41, 5.74) is 1.40. The number of rotatable bonds is 3. The highest BCUT2D eigenvalue weighted by Crippen LogP contribution is 2.35.